The number of nitrogen functional groups attached to an aromatic ring is 1. The Bertz CT molecular complexity index is 1780. The number of ketones is 1. The van der Waals surface area contributed by atoms with Gasteiger partial charge in [0.2, 0.25) is 5.95 Å². The van der Waals surface area contributed by atoms with Crippen molar-refractivity contribution >= 4 is 30.5 Å². The van der Waals surface area contributed by atoms with Gasteiger partial charge in [0.15, 0.2) is 17.4 Å². The average molecular weight is 799 g/mol. The molecule has 0 spiro atoms. The van der Waals surface area contributed by atoms with Crippen LogP contribution in [0.1, 0.15) is 90.7 Å². The van der Waals surface area contributed by atoms with Gasteiger partial charge < -0.3 is 34.6 Å². The number of fused-ring (bicyclic) bond motifs is 1. The lowest BCUT2D eigenvalue weighted by molar-refractivity contribution is -0.119. The summed E-state index contributed by atoms with van der Waals surface area (Å²) in [7, 11) is -0.312. The van der Waals surface area contributed by atoms with Crippen LogP contribution in [0.2, 0.25) is 0 Å². The molecule has 3 rings (SSSR count). The molecule has 2 aromatic rings. The zero-order valence-corrected chi connectivity index (χ0v) is 34.4. The number of rotatable bonds is 27. The van der Waals surface area contributed by atoms with Gasteiger partial charge in [-0.15, -0.1) is 0 Å². The minimum Gasteiger partial charge on any atom is -0.387 e. The van der Waals surface area contributed by atoms with Gasteiger partial charge in [-0.1, -0.05) is 79.8 Å². The summed E-state index contributed by atoms with van der Waals surface area (Å²) in [6.07, 6.45) is 32.5. The van der Waals surface area contributed by atoms with Crippen LogP contribution in [-0.2, 0) is 23.1 Å². The van der Waals surface area contributed by atoms with Gasteiger partial charge in [-0.2, -0.15) is 4.98 Å². The number of hydrogen-bond acceptors (Lipinski definition) is 12. The lowest BCUT2D eigenvalue weighted by atomic mass is 9.96. The summed E-state index contributed by atoms with van der Waals surface area (Å²) in [5.74, 6) is 0.0955. The highest BCUT2D eigenvalue weighted by Gasteiger charge is 2.54. The van der Waals surface area contributed by atoms with Gasteiger partial charge in [0, 0.05) is 20.0 Å². The van der Waals surface area contributed by atoms with Crippen molar-refractivity contribution in [2.75, 3.05) is 45.7 Å². The number of ether oxygens (including phenoxy) is 1. The number of aliphatic hydroxyl groups is 2. The number of nitrogens with zero attached hydrogens (tertiary/aromatic N) is 4. The molecule has 3 heterocycles. The second-order valence-electron chi connectivity index (χ2n) is 14.0. The van der Waals surface area contributed by atoms with Crippen LogP contribution in [0.4, 0.5) is 5.95 Å². The largest absolute Gasteiger partial charge is 0.387 e. The smallest absolute Gasteiger partial charge is 0.330 e. The molecule has 0 radical (unpaired) electrons. The number of aromatic amines is 1. The van der Waals surface area contributed by atoms with E-state index in [0.717, 1.165) is 57.9 Å². The summed E-state index contributed by atoms with van der Waals surface area (Å²) in [5.41, 5.74) is 3.36. The van der Waals surface area contributed by atoms with Crippen molar-refractivity contribution in [2.45, 2.75) is 109 Å². The van der Waals surface area contributed by atoms with Crippen molar-refractivity contribution < 1.29 is 33.4 Å². The number of carbonyl (C=O) groups is 1. The maximum absolute atomic E-state index is 13.4. The summed E-state index contributed by atoms with van der Waals surface area (Å²) in [6, 6.07) is 0. The first kappa shape index (κ1) is 46.6. The molecule has 1 saturated heterocycles. The summed E-state index contributed by atoms with van der Waals surface area (Å²) < 4.78 is 31.5. The highest BCUT2D eigenvalue weighted by atomic mass is 31.2. The molecule has 1 fully saturated rings. The van der Waals surface area contributed by atoms with Crippen LogP contribution in [0, 0.1) is 0 Å². The van der Waals surface area contributed by atoms with Crippen LogP contribution in [0.5, 0.6) is 0 Å². The molecule has 0 aliphatic carbocycles. The summed E-state index contributed by atoms with van der Waals surface area (Å²) >= 11 is 0. The molecule has 2 aromatic heterocycles. The minimum absolute atomic E-state index is 0.00918. The van der Waals surface area contributed by atoms with E-state index in [1.54, 1.807) is 0 Å². The molecular weight excluding hydrogens is 735 g/mol. The second kappa shape index (κ2) is 24.8. The summed E-state index contributed by atoms with van der Waals surface area (Å²) in [5, 5.41) is 22.0. The fraction of sp³-hybridized carbons (Fsp3) is 0.561. The number of anilines is 1. The highest BCUT2D eigenvalue weighted by molar-refractivity contribution is 7.53. The summed E-state index contributed by atoms with van der Waals surface area (Å²) in [6.45, 7) is 4.53. The number of hydrogen-bond donors (Lipinski definition) is 4. The Kier molecular flexibility index (Phi) is 20.6. The first-order valence-electron chi connectivity index (χ1n) is 19.6. The van der Waals surface area contributed by atoms with E-state index in [1.807, 2.05) is 7.05 Å². The van der Waals surface area contributed by atoms with E-state index in [-0.39, 0.29) is 35.7 Å². The Labute approximate surface area is 331 Å². The molecule has 5 atom stereocenters. The highest BCUT2D eigenvalue weighted by Crippen LogP contribution is 2.49. The Morgan fingerprint density at radius 1 is 1.00 bits per heavy atom. The second-order valence-corrected chi connectivity index (χ2v) is 16.3. The molecule has 1 aliphatic rings. The maximum atomic E-state index is 13.4. The topological polar surface area (TPSA) is 195 Å². The van der Waals surface area contributed by atoms with Crippen LogP contribution >= 0.6 is 7.60 Å². The molecule has 310 valence electrons. The molecule has 14 nitrogen and oxygen atoms in total. The zero-order chi connectivity index (χ0) is 40.8. The first-order chi connectivity index (χ1) is 26.9. The normalized spacial score (nSPS) is 21.9. The molecule has 0 saturated carbocycles. The van der Waals surface area contributed by atoms with Crippen LogP contribution in [0.25, 0.3) is 11.2 Å². The molecule has 56 heavy (non-hydrogen) atoms. The third-order valence-electron chi connectivity index (χ3n) is 9.33. The van der Waals surface area contributed by atoms with E-state index in [1.165, 1.54) is 24.9 Å². The van der Waals surface area contributed by atoms with Crippen LogP contribution in [0.15, 0.2) is 84.0 Å². The van der Waals surface area contributed by atoms with Gasteiger partial charge in [0.25, 0.3) is 5.56 Å². The number of nitrogens with one attached hydrogen (secondary N) is 1. The third kappa shape index (κ3) is 15.7. The molecule has 0 amide bonds. The predicted molar refractivity (Wildman–Crippen MR) is 222 cm³/mol. The van der Waals surface area contributed by atoms with Crippen molar-refractivity contribution in [2.24, 2.45) is 0 Å². The van der Waals surface area contributed by atoms with Crippen LogP contribution in [0.3, 0.4) is 0 Å². The van der Waals surface area contributed by atoms with E-state index >= 15 is 0 Å². The lowest BCUT2D eigenvalue weighted by Crippen LogP contribution is -2.44. The lowest BCUT2D eigenvalue weighted by Gasteiger charge is -2.27. The van der Waals surface area contributed by atoms with Crippen molar-refractivity contribution in [3.8, 4) is 0 Å². The van der Waals surface area contributed by atoms with Gasteiger partial charge in [-0.05, 0) is 84.8 Å². The van der Waals surface area contributed by atoms with Gasteiger partial charge in [-0.25, -0.2) is 4.98 Å². The standard InChI is InChI=1S/C41H63N6O8P/c1-5-6-7-8-9-10-11-12-13-14-15-16-17-18-19-20-21-22-23-26-33(48)27-24-28-46(3)29-25-30-56(52,53-4)54-31-34-36(49)41(2,51)39(55-34)47-32-43-35-37(47)44-40(42)45-38(35)50/h6-7,9-10,12-13,15-16,18-19,21-22,32,34,36,39,49,51H,5,8,11,14,17,20,23-31H2,1-4H3,(H3,42,44,45,50)/b7-6-,10-9-,13-12-,16-15-,19-18-,22-21-/t34-,36-,39-,41-,56?/m1/s1. The quantitative estimate of drug-likeness (QED) is 0.0552. The number of allylic oxidation sites excluding steroid dienone is 12. The molecule has 0 aromatic carbocycles. The maximum Gasteiger partial charge on any atom is 0.330 e. The molecular formula is C41H63N6O8P. The zero-order valence-electron chi connectivity index (χ0n) is 33.5. The van der Waals surface area contributed by atoms with Crippen molar-refractivity contribution in [3.63, 3.8) is 0 Å². The SMILES string of the molecule is CC/C=C\C/C=C\C/C=C\C/C=C\C/C=C\C/C=C\CCC(=O)CCCN(C)CCCP(=O)(OC)OC[C@H]1O[C@@H](n2cnc3c(=O)[nH]c(N)nc32)[C@](C)(O)[C@@H]1O. The van der Waals surface area contributed by atoms with Gasteiger partial charge in [-0.3, -0.25) is 23.7 Å². The number of Topliss-reactive ketones (excluding diaryl/α,β-unsaturated/α-hetero) is 1. The Morgan fingerprint density at radius 2 is 1.57 bits per heavy atom. The van der Waals surface area contributed by atoms with Crippen LogP contribution in [-0.4, -0.2) is 98.2 Å². The number of carbonyl (C=O) groups excluding carboxylic acids is 1. The minimum atomic E-state index is -3.56. The Morgan fingerprint density at radius 3 is 2.16 bits per heavy atom. The van der Waals surface area contributed by atoms with Crippen molar-refractivity contribution in [1.29, 1.82) is 0 Å². The molecule has 5 N–H and O–H groups in total. The summed E-state index contributed by atoms with van der Waals surface area (Å²) in [4.78, 5) is 37.2. The van der Waals surface area contributed by atoms with Crippen molar-refractivity contribution in [1.82, 2.24) is 24.4 Å². The van der Waals surface area contributed by atoms with Gasteiger partial charge in [0.1, 0.15) is 23.6 Å². The molecule has 1 unspecified atom stereocenters. The van der Waals surface area contributed by atoms with E-state index < -0.39 is 37.2 Å². The van der Waals surface area contributed by atoms with E-state index in [0.29, 0.717) is 25.8 Å². The van der Waals surface area contributed by atoms with Gasteiger partial charge >= 0.3 is 7.60 Å². The number of aromatic nitrogens is 4. The molecule has 1 aliphatic heterocycles. The van der Waals surface area contributed by atoms with E-state index in [9.17, 15) is 24.4 Å². The van der Waals surface area contributed by atoms with Crippen molar-refractivity contribution in [3.05, 3.63) is 89.6 Å². The molecule has 0 bridgehead atoms. The monoisotopic (exact) mass is 798 g/mol. The van der Waals surface area contributed by atoms with E-state index in [2.05, 4.69) is 99.7 Å². The number of aliphatic hydroxyl groups excluding tert-OH is 1. The first-order valence-corrected chi connectivity index (χ1v) is 21.3. The Hall–Kier alpha value is -3.75. The average Bonchev–Trinajstić information content (AvgIpc) is 3.68. The number of H-pyrrole nitrogens is 1. The third-order valence-corrected chi connectivity index (χ3v) is 11.3. The predicted octanol–water partition coefficient (Wildman–Crippen LogP) is 6.72. The van der Waals surface area contributed by atoms with E-state index in [4.69, 9.17) is 19.5 Å². The number of imidazole rings is 1. The fourth-order valence-corrected chi connectivity index (χ4v) is 7.41. The van der Waals surface area contributed by atoms with Crippen LogP contribution < -0.4 is 11.3 Å². The Balaban J connectivity index is 1.25. The fourth-order valence-electron chi connectivity index (χ4n) is 6.09. The molecule has 15 heteroatoms. The number of nitrogens with two attached hydrogens (primary N) is 1. The van der Waals surface area contributed by atoms with Gasteiger partial charge in [0.05, 0.1) is 19.1 Å².